The maximum atomic E-state index is 12.1. The molecule has 0 radical (unpaired) electrons. The Bertz CT molecular complexity index is 514. The number of aliphatic imine (C=N–C) groups is 1. The fraction of sp³-hybridized carbons (Fsp3) is 0.667. The first kappa shape index (κ1) is 20.1. The van der Waals surface area contributed by atoms with Crippen molar-refractivity contribution >= 4 is 47.2 Å². The highest BCUT2D eigenvalue weighted by atomic mass is 127. The van der Waals surface area contributed by atoms with Crippen LogP contribution in [0, 0.1) is 6.92 Å². The number of aromatic nitrogens is 1. The van der Waals surface area contributed by atoms with Crippen molar-refractivity contribution in [1.29, 1.82) is 0 Å². The van der Waals surface area contributed by atoms with E-state index in [0.717, 1.165) is 37.5 Å². The molecular weight excluding hydrogens is 425 g/mol. The van der Waals surface area contributed by atoms with E-state index in [9.17, 15) is 4.79 Å². The predicted octanol–water partition coefficient (Wildman–Crippen LogP) is 2.14. The highest BCUT2D eigenvalue weighted by Crippen LogP contribution is 2.10. The number of nitrogens with one attached hydrogen (secondary N) is 2. The fourth-order valence-corrected chi connectivity index (χ4v) is 3.10. The van der Waals surface area contributed by atoms with E-state index in [1.807, 2.05) is 24.9 Å². The molecule has 0 aromatic carbocycles. The summed E-state index contributed by atoms with van der Waals surface area (Å²) >= 11 is 1.66. The van der Waals surface area contributed by atoms with Gasteiger partial charge in [0.1, 0.15) is 11.6 Å². The summed E-state index contributed by atoms with van der Waals surface area (Å²) in [4.78, 5) is 24.0. The summed E-state index contributed by atoms with van der Waals surface area (Å²) in [6, 6.07) is 0. The van der Waals surface area contributed by atoms with E-state index >= 15 is 0 Å². The van der Waals surface area contributed by atoms with E-state index in [0.29, 0.717) is 12.5 Å². The zero-order valence-corrected chi connectivity index (χ0v) is 16.9. The van der Waals surface area contributed by atoms with Crippen LogP contribution in [-0.2, 0) is 11.3 Å². The third-order valence-corrected chi connectivity index (χ3v) is 4.41. The summed E-state index contributed by atoms with van der Waals surface area (Å²) < 4.78 is 0. The lowest BCUT2D eigenvalue weighted by molar-refractivity contribution is -0.130. The van der Waals surface area contributed by atoms with Crippen molar-refractivity contribution in [3.8, 4) is 0 Å². The molecule has 1 aromatic rings. The average molecular weight is 451 g/mol. The summed E-state index contributed by atoms with van der Waals surface area (Å²) in [6.07, 6.45) is 5.31. The molecule has 23 heavy (non-hydrogen) atoms. The summed E-state index contributed by atoms with van der Waals surface area (Å²) in [5.74, 6) is 0.780. The van der Waals surface area contributed by atoms with E-state index in [1.54, 1.807) is 11.3 Å². The Morgan fingerprint density at radius 3 is 2.70 bits per heavy atom. The highest BCUT2D eigenvalue weighted by molar-refractivity contribution is 14.0. The first-order valence-corrected chi connectivity index (χ1v) is 8.72. The summed E-state index contributed by atoms with van der Waals surface area (Å²) in [6.45, 7) is 7.39. The van der Waals surface area contributed by atoms with Gasteiger partial charge in [0.2, 0.25) is 5.91 Å². The molecule has 1 aromatic heterocycles. The standard InChI is InChI=1S/C15H25N5OS.HI/c1-3-16-15(18-10-13-17-9-12(2)22-13)19-11-14(21)20-7-5-4-6-8-20;/h9H,3-8,10-11H2,1-2H3,(H2,16,18,19);1H. The molecule has 1 saturated heterocycles. The molecule has 1 amide bonds. The molecule has 2 N–H and O–H groups in total. The van der Waals surface area contributed by atoms with E-state index in [2.05, 4.69) is 20.6 Å². The van der Waals surface area contributed by atoms with Gasteiger partial charge in [0, 0.05) is 30.7 Å². The number of nitrogens with zero attached hydrogens (tertiary/aromatic N) is 3. The number of hydrogen-bond acceptors (Lipinski definition) is 4. The smallest absolute Gasteiger partial charge is 0.244 e. The molecule has 0 spiro atoms. The van der Waals surface area contributed by atoms with Crippen LogP contribution < -0.4 is 10.6 Å². The molecule has 0 bridgehead atoms. The van der Waals surface area contributed by atoms with E-state index < -0.39 is 0 Å². The van der Waals surface area contributed by atoms with Crippen LogP contribution in [0.5, 0.6) is 0 Å². The quantitative estimate of drug-likeness (QED) is 0.409. The first-order valence-electron chi connectivity index (χ1n) is 7.90. The Hall–Kier alpha value is -0.900. The van der Waals surface area contributed by atoms with Gasteiger partial charge in [-0.3, -0.25) is 4.79 Å². The molecule has 0 unspecified atom stereocenters. The number of hydrogen-bond donors (Lipinski definition) is 2. The number of thiazole rings is 1. The molecule has 2 heterocycles. The third kappa shape index (κ3) is 7.03. The van der Waals surface area contributed by atoms with Crippen molar-refractivity contribution in [3.63, 3.8) is 0 Å². The third-order valence-electron chi connectivity index (χ3n) is 3.50. The van der Waals surface area contributed by atoms with Crippen LogP contribution in [0.25, 0.3) is 0 Å². The molecule has 1 aliphatic heterocycles. The van der Waals surface area contributed by atoms with Crippen molar-refractivity contribution < 1.29 is 4.79 Å². The Morgan fingerprint density at radius 1 is 1.35 bits per heavy atom. The number of amides is 1. The van der Waals surface area contributed by atoms with Gasteiger partial charge in [-0.25, -0.2) is 9.98 Å². The maximum Gasteiger partial charge on any atom is 0.244 e. The number of carbonyl (C=O) groups excluding carboxylic acids is 1. The van der Waals surface area contributed by atoms with Gasteiger partial charge in [-0.2, -0.15) is 0 Å². The van der Waals surface area contributed by atoms with Gasteiger partial charge in [-0.1, -0.05) is 0 Å². The zero-order valence-electron chi connectivity index (χ0n) is 13.8. The molecule has 2 rings (SSSR count). The maximum absolute atomic E-state index is 12.1. The van der Waals surface area contributed by atoms with Gasteiger partial charge in [-0.05, 0) is 33.1 Å². The van der Waals surface area contributed by atoms with Gasteiger partial charge in [-0.15, -0.1) is 35.3 Å². The number of aryl methyl sites for hydroxylation is 1. The van der Waals surface area contributed by atoms with Gasteiger partial charge < -0.3 is 15.5 Å². The molecule has 1 fully saturated rings. The van der Waals surface area contributed by atoms with Crippen molar-refractivity contribution in [2.75, 3.05) is 26.2 Å². The Labute approximate surface area is 159 Å². The number of carbonyl (C=O) groups is 1. The second-order valence-corrected chi connectivity index (χ2v) is 6.67. The molecule has 8 heteroatoms. The van der Waals surface area contributed by atoms with Crippen molar-refractivity contribution in [3.05, 3.63) is 16.1 Å². The minimum atomic E-state index is 0. The predicted molar refractivity (Wildman–Crippen MR) is 106 cm³/mol. The van der Waals surface area contributed by atoms with Gasteiger partial charge in [0.25, 0.3) is 0 Å². The van der Waals surface area contributed by atoms with Crippen molar-refractivity contribution in [1.82, 2.24) is 20.5 Å². The number of halogens is 1. The Balaban J connectivity index is 0.00000264. The fourth-order valence-electron chi connectivity index (χ4n) is 2.37. The van der Waals surface area contributed by atoms with Crippen LogP contribution in [0.1, 0.15) is 36.1 Å². The van der Waals surface area contributed by atoms with Gasteiger partial charge in [0.05, 0.1) is 6.54 Å². The topological polar surface area (TPSA) is 69.6 Å². The second-order valence-electron chi connectivity index (χ2n) is 5.35. The van der Waals surface area contributed by atoms with E-state index in [-0.39, 0.29) is 36.4 Å². The molecule has 0 atom stereocenters. The SMILES string of the molecule is CCNC(=NCC(=O)N1CCCCC1)NCc1ncc(C)s1.I. The Kier molecular flexibility index (Phi) is 9.46. The molecule has 6 nitrogen and oxygen atoms in total. The largest absolute Gasteiger partial charge is 0.357 e. The van der Waals surface area contributed by atoms with Crippen LogP contribution in [-0.4, -0.2) is 47.9 Å². The van der Waals surface area contributed by atoms with E-state index in [4.69, 9.17) is 0 Å². The highest BCUT2D eigenvalue weighted by Gasteiger charge is 2.15. The second kappa shape index (κ2) is 10.8. The zero-order chi connectivity index (χ0) is 15.8. The number of guanidine groups is 1. The van der Waals surface area contributed by atoms with Crippen molar-refractivity contribution in [2.45, 2.75) is 39.7 Å². The summed E-state index contributed by atoms with van der Waals surface area (Å²) in [5, 5.41) is 7.41. The molecule has 1 aliphatic rings. The van der Waals surface area contributed by atoms with Crippen LogP contribution in [0.3, 0.4) is 0 Å². The molecule has 130 valence electrons. The lowest BCUT2D eigenvalue weighted by atomic mass is 10.1. The van der Waals surface area contributed by atoms with Crippen LogP contribution in [0.2, 0.25) is 0 Å². The van der Waals surface area contributed by atoms with Crippen LogP contribution in [0.4, 0.5) is 0 Å². The van der Waals surface area contributed by atoms with Gasteiger partial charge >= 0.3 is 0 Å². The summed E-state index contributed by atoms with van der Waals surface area (Å²) in [5.41, 5.74) is 0. The number of piperidine rings is 1. The van der Waals surface area contributed by atoms with Crippen molar-refractivity contribution in [2.24, 2.45) is 4.99 Å². The lowest BCUT2D eigenvalue weighted by Gasteiger charge is -2.26. The average Bonchev–Trinajstić information content (AvgIpc) is 2.96. The first-order chi connectivity index (χ1) is 10.7. The number of rotatable bonds is 5. The normalized spacial score (nSPS) is 15.0. The molecule has 0 saturated carbocycles. The van der Waals surface area contributed by atoms with E-state index in [1.165, 1.54) is 11.3 Å². The number of likely N-dealkylation sites (tertiary alicyclic amines) is 1. The monoisotopic (exact) mass is 451 g/mol. The Morgan fingerprint density at radius 2 is 2.09 bits per heavy atom. The molecular formula is C15H26IN5OS. The molecule has 0 aliphatic carbocycles. The van der Waals surface area contributed by atoms with Crippen LogP contribution >= 0.6 is 35.3 Å². The summed E-state index contributed by atoms with van der Waals surface area (Å²) in [7, 11) is 0. The van der Waals surface area contributed by atoms with Crippen LogP contribution in [0.15, 0.2) is 11.2 Å². The minimum absolute atomic E-state index is 0. The van der Waals surface area contributed by atoms with Gasteiger partial charge in [0.15, 0.2) is 5.96 Å². The minimum Gasteiger partial charge on any atom is -0.357 e. The lowest BCUT2D eigenvalue weighted by Crippen LogP contribution is -2.40.